The molecule has 0 aromatic heterocycles. The molecule has 1 amide bonds. The molecule has 1 N–H and O–H groups in total. The number of hydrogen-bond donors (Lipinski definition) is 1. The maximum Gasteiger partial charge on any atom is 0.334 e. The van der Waals surface area contributed by atoms with Crippen molar-refractivity contribution in [1.29, 1.82) is 0 Å². The number of benzene rings is 2. The number of carbonyl (C=O) groups is 2. The smallest absolute Gasteiger partial charge is 0.334 e. The van der Waals surface area contributed by atoms with E-state index in [-0.39, 0.29) is 5.92 Å². The number of amides is 1. The molecule has 2 aromatic rings. The molecule has 0 unspecified atom stereocenters. The lowest BCUT2D eigenvalue weighted by atomic mass is 10.0. The van der Waals surface area contributed by atoms with E-state index >= 15 is 0 Å². The van der Waals surface area contributed by atoms with Gasteiger partial charge in [-0.25, -0.2) is 4.79 Å². The van der Waals surface area contributed by atoms with E-state index in [1.165, 1.54) is 19.8 Å². The van der Waals surface area contributed by atoms with Crippen molar-refractivity contribution in [2.75, 3.05) is 25.7 Å². The molecule has 1 aliphatic rings. The number of carbonyl (C=O) groups excluding carboxylic acids is 2. The van der Waals surface area contributed by atoms with Gasteiger partial charge in [-0.3, -0.25) is 4.79 Å². The zero-order chi connectivity index (χ0) is 22.4. The average Bonchev–Trinajstić information content (AvgIpc) is 3.32. The van der Waals surface area contributed by atoms with E-state index in [0.717, 1.165) is 11.5 Å². The Morgan fingerprint density at radius 3 is 2.03 bits per heavy atom. The molecule has 2 aromatic carbocycles. The highest BCUT2D eigenvalue weighted by Gasteiger charge is 2.27. The minimum absolute atomic E-state index is 0.158. The largest absolute Gasteiger partial charge is 0.497 e. The highest BCUT2D eigenvalue weighted by atomic mass is 32.2. The summed E-state index contributed by atoms with van der Waals surface area (Å²) < 4.78 is 16.4. The molecule has 1 fully saturated rings. The van der Waals surface area contributed by atoms with Crippen LogP contribution in [0, 0.1) is 5.92 Å². The maximum atomic E-state index is 12.8. The fourth-order valence-corrected chi connectivity index (χ4v) is 5.94. The van der Waals surface area contributed by atoms with Gasteiger partial charge in [0.2, 0.25) is 0 Å². The summed E-state index contributed by atoms with van der Waals surface area (Å²) in [7, 11) is 3.03. The van der Waals surface area contributed by atoms with Crippen molar-refractivity contribution in [2.24, 2.45) is 5.92 Å². The summed E-state index contributed by atoms with van der Waals surface area (Å²) in [5, 5.41) is 2.78. The molecule has 0 bridgehead atoms. The van der Waals surface area contributed by atoms with E-state index in [4.69, 9.17) is 14.2 Å². The van der Waals surface area contributed by atoms with Crippen LogP contribution in [0.3, 0.4) is 0 Å². The number of nitrogens with one attached hydrogen (secondary N) is 1. The number of esters is 1. The fourth-order valence-electron chi connectivity index (χ4n) is 3.08. The lowest BCUT2D eigenvalue weighted by Crippen LogP contribution is -2.46. The number of ether oxygens (including phenoxy) is 3. The number of thioether (sulfide) groups is 2. The van der Waals surface area contributed by atoms with Crippen molar-refractivity contribution in [2.45, 2.75) is 24.5 Å². The van der Waals surface area contributed by atoms with Gasteiger partial charge in [0, 0.05) is 23.1 Å². The maximum absolute atomic E-state index is 12.8. The predicted octanol–water partition coefficient (Wildman–Crippen LogP) is 4.54. The Bertz CT molecular complexity index is 888. The van der Waals surface area contributed by atoms with Gasteiger partial charge >= 0.3 is 5.97 Å². The van der Waals surface area contributed by atoms with Crippen LogP contribution in [-0.4, -0.2) is 43.6 Å². The molecule has 3 rings (SSSR count). The van der Waals surface area contributed by atoms with Crippen molar-refractivity contribution in [1.82, 2.24) is 5.32 Å². The van der Waals surface area contributed by atoms with Gasteiger partial charge in [-0.2, -0.15) is 0 Å². The summed E-state index contributed by atoms with van der Waals surface area (Å²) in [4.78, 5) is 25.6. The van der Waals surface area contributed by atoms with Gasteiger partial charge in [-0.05, 0) is 35.7 Å². The third kappa shape index (κ3) is 6.11. The van der Waals surface area contributed by atoms with Gasteiger partial charge in [-0.15, -0.1) is 23.5 Å². The first-order valence-electron chi connectivity index (χ1n) is 10.00. The lowest BCUT2D eigenvalue weighted by molar-refractivity contribution is -0.137. The van der Waals surface area contributed by atoms with Crippen molar-refractivity contribution in [3.8, 4) is 17.2 Å². The third-order valence-electron chi connectivity index (χ3n) is 4.81. The van der Waals surface area contributed by atoms with Crippen molar-refractivity contribution < 1.29 is 23.8 Å². The summed E-state index contributed by atoms with van der Waals surface area (Å²) >= 11 is 3.85. The van der Waals surface area contributed by atoms with Gasteiger partial charge in [0.05, 0.1) is 18.8 Å². The molecule has 0 radical (unpaired) electrons. The first-order valence-corrected chi connectivity index (χ1v) is 12.1. The highest BCUT2D eigenvalue weighted by molar-refractivity contribution is 8.19. The molecule has 1 aliphatic heterocycles. The number of methoxy groups -OCH3 is 2. The summed E-state index contributed by atoms with van der Waals surface area (Å²) in [6.07, 6.45) is 0. The Hall–Kier alpha value is -2.32. The van der Waals surface area contributed by atoms with E-state index in [9.17, 15) is 9.59 Å². The van der Waals surface area contributed by atoms with E-state index in [0.29, 0.717) is 27.4 Å². The van der Waals surface area contributed by atoms with E-state index in [1.54, 1.807) is 30.3 Å². The Kier molecular flexibility index (Phi) is 8.15. The SMILES string of the molecule is COc1cc(OC)cc(C(=O)N[C@H](C(=O)Oc2ccc(C3SCCS3)cc2)C(C)C)c1. The van der Waals surface area contributed by atoms with Gasteiger partial charge in [0.15, 0.2) is 0 Å². The minimum atomic E-state index is -0.801. The molecule has 6 nitrogen and oxygen atoms in total. The molecular formula is C23H27NO5S2. The predicted molar refractivity (Wildman–Crippen MR) is 125 cm³/mol. The molecule has 8 heteroatoms. The Balaban J connectivity index is 1.68. The monoisotopic (exact) mass is 461 g/mol. The first-order chi connectivity index (χ1) is 14.9. The van der Waals surface area contributed by atoms with Crippen LogP contribution in [0.15, 0.2) is 42.5 Å². The average molecular weight is 462 g/mol. The molecule has 1 saturated heterocycles. The quantitative estimate of drug-likeness (QED) is 0.457. The third-order valence-corrected chi connectivity index (χ3v) is 7.92. The molecule has 1 heterocycles. The second-order valence-electron chi connectivity index (χ2n) is 7.36. The van der Waals surface area contributed by atoms with Gasteiger partial charge in [0.1, 0.15) is 23.3 Å². The van der Waals surface area contributed by atoms with E-state index in [1.807, 2.05) is 49.5 Å². The van der Waals surface area contributed by atoms with Crippen molar-refractivity contribution >= 4 is 35.4 Å². The van der Waals surface area contributed by atoms with Crippen LogP contribution in [-0.2, 0) is 4.79 Å². The minimum Gasteiger partial charge on any atom is -0.497 e. The van der Waals surface area contributed by atoms with Gasteiger partial charge in [-0.1, -0.05) is 26.0 Å². The standard InChI is InChI=1S/C23H27NO5S2/c1-14(2)20(24-21(25)16-11-18(27-3)13-19(12-16)28-4)22(26)29-17-7-5-15(6-8-17)23-30-9-10-31-23/h5-8,11-14,20,23H,9-10H2,1-4H3,(H,24,25)/t20-/m0/s1. The molecule has 1 atom stereocenters. The second-order valence-corrected chi connectivity index (χ2v) is 10.1. The Labute approximate surface area is 191 Å². The Morgan fingerprint density at radius 2 is 1.52 bits per heavy atom. The molecular weight excluding hydrogens is 434 g/mol. The van der Waals surface area contributed by atoms with Crippen LogP contribution in [0.2, 0.25) is 0 Å². The summed E-state index contributed by atoms with van der Waals surface area (Å²) in [6, 6.07) is 11.7. The van der Waals surface area contributed by atoms with Gasteiger partial charge in [0.25, 0.3) is 5.91 Å². The molecule has 0 aliphatic carbocycles. The van der Waals surface area contributed by atoms with E-state index in [2.05, 4.69) is 5.32 Å². The number of hydrogen-bond acceptors (Lipinski definition) is 7. The zero-order valence-electron chi connectivity index (χ0n) is 18.0. The van der Waals surface area contributed by atoms with Crippen molar-refractivity contribution in [3.05, 3.63) is 53.6 Å². The summed E-state index contributed by atoms with van der Waals surface area (Å²) in [5.41, 5.74) is 1.55. The summed E-state index contributed by atoms with van der Waals surface area (Å²) in [6.45, 7) is 3.71. The first kappa shape index (κ1) is 23.3. The highest BCUT2D eigenvalue weighted by Crippen LogP contribution is 2.45. The van der Waals surface area contributed by atoms with Crippen LogP contribution in [0.4, 0.5) is 0 Å². The molecule has 0 spiro atoms. The zero-order valence-corrected chi connectivity index (χ0v) is 19.7. The van der Waals surface area contributed by atoms with Crippen LogP contribution in [0.25, 0.3) is 0 Å². The van der Waals surface area contributed by atoms with Crippen LogP contribution >= 0.6 is 23.5 Å². The molecule has 31 heavy (non-hydrogen) atoms. The van der Waals surface area contributed by atoms with Crippen LogP contribution in [0.1, 0.15) is 34.4 Å². The molecule has 166 valence electrons. The van der Waals surface area contributed by atoms with E-state index < -0.39 is 17.9 Å². The second kappa shape index (κ2) is 10.8. The van der Waals surface area contributed by atoms with Crippen LogP contribution in [0.5, 0.6) is 17.2 Å². The van der Waals surface area contributed by atoms with Gasteiger partial charge < -0.3 is 19.5 Å². The van der Waals surface area contributed by atoms with Crippen molar-refractivity contribution in [3.63, 3.8) is 0 Å². The topological polar surface area (TPSA) is 73.9 Å². The fraction of sp³-hybridized carbons (Fsp3) is 0.391. The Morgan fingerprint density at radius 1 is 0.935 bits per heavy atom. The van der Waals surface area contributed by atoms with Crippen LogP contribution < -0.4 is 19.5 Å². The molecule has 0 saturated carbocycles. The lowest BCUT2D eigenvalue weighted by Gasteiger charge is -2.21. The summed E-state index contributed by atoms with van der Waals surface area (Å²) in [5.74, 6) is 2.69. The number of rotatable bonds is 8. The normalized spacial score (nSPS) is 14.9.